The maximum Gasteiger partial charge on any atom is 0.321 e. The molecule has 3 rings (SSSR count). The summed E-state index contributed by atoms with van der Waals surface area (Å²) in [6, 6.07) is 5.81. The molecule has 0 spiro atoms. The summed E-state index contributed by atoms with van der Waals surface area (Å²) >= 11 is 1.26. The molecular formula is C18H19NO7S. The molecule has 0 fully saturated rings. The van der Waals surface area contributed by atoms with Gasteiger partial charge in [0, 0.05) is 35.1 Å². The van der Waals surface area contributed by atoms with Crippen LogP contribution in [-0.4, -0.2) is 43.3 Å². The molecule has 1 heterocycles. The van der Waals surface area contributed by atoms with Crippen molar-refractivity contribution < 1.29 is 35.1 Å². The first-order valence-electron chi connectivity index (χ1n) is 8.10. The van der Waals surface area contributed by atoms with Crippen LogP contribution < -0.4 is 10.5 Å². The van der Waals surface area contributed by atoms with Crippen LogP contribution in [0.4, 0.5) is 0 Å². The first kappa shape index (κ1) is 19.0. The predicted octanol–water partition coefficient (Wildman–Crippen LogP) is 2.22. The number of rotatable bonds is 5. The standard InChI is InChI=1S/C18H19NO7S/c19-10(18(24)25)7-27-16-6-14(8-1-2-11(21)12(22)3-8)26-15-5-9(20)4-13(23)17(15)16/h1-5,10,14,16,20-23H,6-7,19H2,(H,24,25)/t10-,14-,16+/m0/s1. The Kier molecular flexibility index (Phi) is 5.24. The summed E-state index contributed by atoms with van der Waals surface area (Å²) in [5, 5.41) is 47.9. The van der Waals surface area contributed by atoms with Crippen LogP contribution >= 0.6 is 11.8 Å². The summed E-state index contributed by atoms with van der Waals surface area (Å²) < 4.78 is 5.89. The van der Waals surface area contributed by atoms with Crippen molar-refractivity contribution in [1.29, 1.82) is 0 Å². The van der Waals surface area contributed by atoms with Crippen LogP contribution in [-0.2, 0) is 4.79 Å². The number of phenolic OH excluding ortho intramolecular Hbond substituents is 4. The van der Waals surface area contributed by atoms with Gasteiger partial charge >= 0.3 is 5.97 Å². The molecule has 0 saturated carbocycles. The molecule has 0 radical (unpaired) electrons. The van der Waals surface area contributed by atoms with Gasteiger partial charge in [-0.3, -0.25) is 4.79 Å². The minimum atomic E-state index is -1.12. The molecular weight excluding hydrogens is 374 g/mol. The van der Waals surface area contributed by atoms with Gasteiger partial charge in [0.1, 0.15) is 29.4 Å². The van der Waals surface area contributed by atoms with Crippen molar-refractivity contribution in [3.05, 3.63) is 41.5 Å². The first-order valence-corrected chi connectivity index (χ1v) is 9.15. The van der Waals surface area contributed by atoms with Crippen LogP contribution in [0.2, 0.25) is 0 Å². The highest BCUT2D eigenvalue weighted by Crippen LogP contribution is 2.52. The van der Waals surface area contributed by atoms with Gasteiger partial charge in [0.2, 0.25) is 0 Å². The molecule has 7 N–H and O–H groups in total. The van der Waals surface area contributed by atoms with E-state index in [9.17, 15) is 25.2 Å². The molecule has 1 aliphatic heterocycles. The third kappa shape index (κ3) is 3.99. The number of aliphatic carboxylic acids is 1. The van der Waals surface area contributed by atoms with E-state index < -0.39 is 18.1 Å². The first-order chi connectivity index (χ1) is 12.8. The third-order valence-corrected chi connectivity index (χ3v) is 5.67. The highest BCUT2D eigenvalue weighted by atomic mass is 32.2. The summed E-state index contributed by atoms with van der Waals surface area (Å²) in [6.45, 7) is 0. The summed E-state index contributed by atoms with van der Waals surface area (Å²) in [7, 11) is 0. The third-order valence-electron chi connectivity index (χ3n) is 4.29. The molecule has 27 heavy (non-hydrogen) atoms. The van der Waals surface area contributed by atoms with E-state index in [4.69, 9.17) is 15.6 Å². The number of fused-ring (bicyclic) bond motifs is 1. The maximum absolute atomic E-state index is 11.0. The molecule has 1 aliphatic rings. The van der Waals surface area contributed by atoms with E-state index in [1.807, 2.05) is 0 Å². The average Bonchev–Trinajstić information content (AvgIpc) is 2.60. The Morgan fingerprint density at radius 3 is 2.56 bits per heavy atom. The molecule has 2 aromatic rings. The number of thioether (sulfide) groups is 1. The van der Waals surface area contributed by atoms with Crippen LogP contribution in [0.25, 0.3) is 0 Å². The average molecular weight is 393 g/mol. The summed E-state index contributed by atoms with van der Waals surface area (Å²) in [5.74, 6) is -1.62. The molecule has 0 amide bonds. The molecule has 3 atom stereocenters. The van der Waals surface area contributed by atoms with Gasteiger partial charge in [-0.2, -0.15) is 11.8 Å². The van der Waals surface area contributed by atoms with Gasteiger partial charge in [-0.15, -0.1) is 0 Å². The summed E-state index contributed by atoms with van der Waals surface area (Å²) in [4.78, 5) is 11.0. The van der Waals surface area contributed by atoms with Crippen LogP contribution in [0.3, 0.4) is 0 Å². The van der Waals surface area contributed by atoms with Crippen molar-refractivity contribution >= 4 is 17.7 Å². The maximum atomic E-state index is 11.0. The Morgan fingerprint density at radius 2 is 1.89 bits per heavy atom. The summed E-state index contributed by atoms with van der Waals surface area (Å²) in [6.07, 6.45) is -0.171. The summed E-state index contributed by atoms with van der Waals surface area (Å²) in [5.41, 5.74) is 6.63. The van der Waals surface area contributed by atoms with Gasteiger partial charge < -0.3 is 36.0 Å². The molecule has 0 aromatic heterocycles. The largest absolute Gasteiger partial charge is 0.508 e. The fourth-order valence-electron chi connectivity index (χ4n) is 2.92. The van der Waals surface area contributed by atoms with Crippen LogP contribution in [0, 0.1) is 0 Å². The lowest BCUT2D eigenvalue weighted by molar-refractivity contribution is -0.137. The lowest BCUT2D eigenvalue weighted by atomic mass is 9.96. The number of hydrogen-bond donors (Lipinski definition) is 6. The minimum absolute atomic E-state index is 0.118. The number of nitrogens with two attached hydrogens (primary N) is 1. The lowest BCUT2D eigenvalue weighted by Crippen LogP contribution is -2.33. The topological polar surface area (TPSA) is 153 Å². The second kappa shape index (κ2) is 7.45. The van der Waals surface area contributed by atoms with Gasteiger partial charge in [0.25, 0.3) is 0 Å². The number of phenols is 4. The van der Waals surface area contributed by atoms with E-state index in [0.717, 1.165) is 0 Å². The second-order valence-corrected chi connectivity index (χ2v) is 7.47. The number of benzene rings is 2. The molecule has 0 saturated heterocycles. The van der Waals surface area contributed by atoms with E-state index >= 15 is 0 Å². The number of ether oxygens (including phenoxy) is 1. The zero-order chi connectivity index (χ0) is 19.7. The van der Waals surface area contributed by atoms with E-state index in [2.05, 4.69) is 0 Å². The van der Waals surface area contributed by atoms with E-state index in [1.54, 1.807) is 6.07 Å². The van der Waals surface area contributed by atoms with Crippen molar-refractivity contribution in [2.45, 2.75) is 23.8 Å². The molecule has 8 nitrogen and oxygen atoms in total. The van der Waals surface area contributed by atoms with E-state index in [-0.39, 0.29) is 39.8 Å². The molecule has 9 heteroatoms. The zero-order valence-electron chi connectivity index (χ0n) is 14.1. The number of carbonyl (C=O) groups is 1. The quantitative estimate of drug-likeness (QED) is 0.420. The zero-order valence-corrected chi connectivity index (χ0v) is 14.9. The van der Waals surface area contributed by atoms with Gasteiger partial charge in [-0.1, -0.05) is 6.07 Å². The molecule has 0 unspecified atom stereocenters. The van der Waals surface area contributed by atoms with Gasteiger partial charge in [0.15, 0.2) is 11.5 Å². The smallest absolute Gasteiger partial charge is 0.321 e. The van der Waals surface area contributed by atoms with E-state index in [1.165, 1.54) is 36.0 Å². The predicted molar refractivity (Wildman–Crippen MR) is 98.3 cm³/mol. The normalized spacial score (nSPS) is 19.7. The lowest BCUT2D eigenvalue weighted by Gasteiger charge is -2.33. The SMILES string of the molecule is N[C@@H](CS[C@@H]1C[C@@H](c2ccc(O)c(O)c2)Oc2cc(O)cc(O)c21)C(=O)O. The monoisotopic (exact) mass is 393 g/mol. The number of hydrogen-bond acceptors (Lipinski definition) is 8. The fourth-order valence-corrected chi connectivity index (χ4v) is 4.22. The van der Waals surface area contributed by atoms with Crippen LogP contribution in [0.15, 0.2) is 30.3 Å². The second-order valence-electron chi connectivity index (χ2n) is 6.23. The molecule has 2 aromatic carbocycles. The van der Waals surface area contributed by atoms with Crippen molar-refractivity contribution in [2.75, 3.05) is 5.75 Å². The highest BCUT2D eigenvalue weighted by molar-refractivity contribution is 7.99. The van der Waals surface area contributed by atoms with Crippen molar-refractivity contribution in [2.24, 2.45) is 5.73 Å². The van der Waals surface area contributed by atoms with Crippen LogP contribution in [0.5, 0.6) is 28.7 Å². The van der Waals surface area contributed by atoms with Crippen molar-refractivity contribution in [1.82, 2.24) is 0 Å². The number of carboxylic acid groups (broad SMARTS) is 1. The molecule has 0 bridgehead atoms. The minimum Gasteiger partial charge on any atom is -0.508 e. The Labute approximate surface area is 158 Å². The highest BCUT2D eigenvalue weighted by Gasteiger charge is 2.33. The van der Waals surface area contributed by atoms with Crippen molar-refractivity contribution in [3.8, 4) is 28.7 Å². The van der Waals surface area contributed by atoms with Crippen LogP contribution in [0.1, 0.15) is 28.9 Å². The van der Waals surface area contributed by atoms with Gasteiger partial charge in [-0.25, -0.2) is 0 Å². The van der Waals surface area contributed by atoms with Crippen molar-refractivity contribution in [3.63, 3.8) is 0 Å². The number of carboxylic acids is 1. The molecule has 144 valence electrons. The Balaban J connectivity index is 1.94. The number of aromatic hydroxyl groups is 4. The fraction of sp³-hybridized carbons (Fsp3) is 0.278. The Bertz CT molecular complexity index is 873. The Hall–Kier alpha value is -2.78. The molecule has 0 aliphatic carbocycles. The van der Waals surface area contributed by atoms with E-state index in [0.29, 0.717) is 17.5 Å². The van der Waals surface area contributed by atoms with Gasteiger partial charge in [-0.05, 0) is 17.7 Å². The van der Waals surface area contributed by atoms with Gasteiger partial charge in [0.05, 0.1) is 0 Å². The Morgan fingerprint density at radius 1 is 1.15 bits per heavy atom.